The molecule has 0 radical (unpaired) electrons. The van der Waals surface area contributed by atoms with E-state index in [1.54, 1.807) is 6.07 Å². The third-order valence-corrected chi connectivity index (χ3v) is 5.68. The van der Waals surface area contributed by atoms with Gasteiger partial charge in [-0.05, 0) is 28.9 Å². The van der Waals surface area contributed by atoms with Gasteiger partial charge in [-0.3, -0.25) is 0 Å². The molecule has 0 aliphatic carbocycles. The van der Waals surface area contributed by atoms with Crippen molar-refractivity contribution in [2.24, 2.45) is 5.73 Å². The van der Waals surface area contributed by atoms with Gasteiger partial charge in [-0.15, -0.1) is 11.3 Å². The van der Waals surface area contributed by atoms with Gasteiger partial charge in [0.25, 0.3) is 0 Å². The topological polar surface area (TPSA) is 81.4 Å². The van der Waals surface area contributed by atoms with Crippen molar-refractivity contribution in [1.29, 1.82) is 0 Å². The van der Waals surface area contributed by atoms with Crippen molar-refractivity contribution in [3.63, 3.8) is 0 Å². The molecule has 0 spiro atoms. The molecular weight excluding hydrogens is 328 g/mol. The molecule has 0 fully saturated rings. The van der Waals surface area contributed by atoms with Gasteiger partial charge in [-0.1, -0.05) is 0 Å². The predicted molar refractivity (Wildman–Crippen MR) is 71.6 cm³/mol. The maximum atomic E-state index is 11.9. The molecule has 3 N–H and O–H groups in total. The van der Waals surface area contributed by atoms with Crippen LogP contribution in [-0.4, -0.2) is 28.2 Å². The summed E-state index contributed by atoms with van der Waals surface area (Å²) in [6, 6.07) is 1.58. The van der Waals surface area contributed by atoms with Crippen LogP contribution in [0.4, 0.5) is 0 Å². The van der Waals surface area contributed by atoms with Crippen LogP contribution in [0.3, 0.4) is 0 Å². The molecule has 8 heteroatoms. The van der Waals surface area contributed by atoms with Crippen LogP contribution in [0.15, 0.2) is 14.7 Å². The molecule has 98 valence electrons. The minimum absolute atomic E-state index is 0.236. The van der Waals surface area contributed by atoms with E-state index in [9.17, 15) is 8.42 Å². The minimum atomic E-state index is -3.48. The van der Waals surface area contributed by atoms with E-state index in [-0.39, 0.29) is 11.4 Å². The van der Waals surface area contributed by atoms with Crippen LogP contribution in [0.1, 0.15) is 11.8 Å². The van der Waals surface area contributed by atoms with Crippen molar-refractivity contribution >= 4 is 37.3 Å². The Bertz CT molecular complexity index is 459. The third-order valence-electron chi connectivity index (χ3n) is 1.94. The first-order valence-corrected chi connectivity index (χ1v) is 8.16. The smallest absolute Gasteiger partial charge is 0.242 e. The monoisotopic (exact) mass is 342 g/mol. The maximum absolute atomic E-state index is 11.9. The van der Waals surface area contributed by atoms with Gasteiger partial charge in [0.2, 0.25) is 10.0 Å². The highest BCUT2D eigenvalue weighted by atomic mass is 79.9. The number of nitrogens with one attached hydrogen (secondary N) is 1. The quantitative estimate of drug-likeness (QED) is 0.731. The summed E-state index contributed by atoms with van der Waals surface area (Å²) in [7, 11) is -3.48. The van der Waals surface area contributed by atoms with Crippen LogP contribution in [0.5, 0.6) is 0 Å². The van der Waals surface area contributed by atoms with Gasteiger partial charge in [-0.25, -0.2) is 13.1 Å². The lowest BCUT2D eigenvalue weighted by atomic mass is 10.5. The molecule has 0 atom stereocenters. The zero-order valence-corrected chi connectivity index (χ0v) is 12.6. The minimum Gasteiger partial charge on any atom is -0.380 e. The number of nitrogens with two attached hydrogens (primary N) is 1. The molecule has 5 nitrogen and oxygen atoms in total. The van der Waals surface area contributed by atoms with Crippen molar-refractivity contribution in [1.82, 2.24) is 4.72 Å². The van der Waals surface area contributed by atoms with E-state index in [1.165, 1.54) is 11.3 Å². The third kappa shape index (κ3) is 4.31. The summed E-state index contributed by atoms with van der Waals surface area (Å²) >= 11 is 4.56. The maximum Gasteiger partial charge on any atom is 0.242 e. The average Bonchev–Trinajstić information content (AvgIpc) is 2.67. The molecule has 0 unspecified atom stereocenters. The number of halogens is 1. The van der Waals surface area contributed by atoms with E-state index in [1.807, 2.05) is 6.92 Å². The highest BCUT2D eigenvalue weighted by Gasteiger charge is 2.19. The first kappa shape index (κ1) is 15.1. The Hall–Kier alpha value is 0.01000. The largest absolute Gasteiger partial charge is 0.380 e. The van der Waals surface area contributed by atoms with E-state index >= 15 is 0 Å². The molecule has 0 amide bonds. The van der Waals surface area contributed by atoms with Crippen LogP contribution in [0.2, 0.25) is 0 Å². The highest BCUT2D eigenvalue weighted by molar-refractivity contribution is 9.11. The van der Waals surface area contributed by atoms with E-state index in [4.69, 9.17) is 10.5 Å². The van der Waals surface area contributed by atoms with Crippen molar-refractivity contribution < 1.29 is 13.2 Å². The zero-order valence-electron chi connectivity index (χ0n) is 9.40. The van der Waals surface area contributed by atoms with Crippen molar-refractivity contribution in [3.8, 4) is 0 Å². The molecule has 0 aromatic carbocycles. The summed E-state index contributed by atoms with van der Waals surface area (Å²) in [5.74, 6) is 0. The Labute approximate surface area is 114 Å². The molecular formula is C9H15BrN2O3S2. The van der Waals surface area contributed by atoms with Crippen LogP contribution >= 0.6 is 27.3 Å². The van der Waals surface area contributed by atoms with Gasteiger partial charge >= 0.3 is 0 Å². The summed E-state index contributed by atoms with van der Waals surface area (Å²) in [4.78, 5) is 1.06. The Morgan fingerprint density at radius 1 is 1.59 bits per heavy atom. The molecule has 1 aromatic rings. The number of ether oxygens (including phenoxy) is 1. The van der Waals surface area contributed by atoms with E-state index in [0.29, 0.717) is 23.5 Å². The standard InChI is InChI=1S/C9H15BrN2O3S2/c1-2-15-4-3-12-17(13,14)8-5-7(6-11)16-9(8)10/h5,12H,2-4,6,11H2,1H3. The fourth-order valence-corrected chi connectivity index (χ4v) is 4.72. The lowest BCUT2D eigenvalue weighted by Gasteiger charge is -2.05. The first-order chi connectivity index (χ1) is 8.01. The molecule has 0 bridgehead atoms. The Morgan fingerprint density at radius 3 is 2.82 bits per heavy atom. The van der Waals surface area contributed by atoms with Gasteiger partial charge in [0.1, 0.15) is 4.90 Å². The Morgan fingerprint density at radius 2 is 2.29 bits per heavy atom. The van der Waals surface area contributed by atoms with Gasteiger partial charge < -0.3 is 10.5 Å². The van der Waals surface area contributed by atoms with Crippen LogP contribution in [0.25, 0.3) is 0 Å². The summed E-state index contributed by atoms with van der Waals surface area (Å²) in [6.07, 6.45) is 0. The van der Waals surface area contributed by atoms with Gasteiger partial charge in [0, 0.05) is 24.6 Å². The molecule has 1 aromatic heterocycles. The summed E-state index contributed by atoms with van der Waals surface area (Å²) in [6.45, 7) is 3.38. The molecule has 0 saturated carbocycles. The van der Waals surface area contributed by atoms with Crippen molar-refractivity contribution in [3.05, 3.63) is 14.7 Å². The van der Waals surface area contributed by atoms with Crippen LogP contribution in [0, 0.1) is 0 Å². The molecule has 17 heavy (non-hydrogen) atoms. The molecule has 0 aliphatic rings. The fraction of sp³-hybridized carbons (Fsp3) is 0.556. The molecule has 0 aliphatic heterocycles. The number of hydrogen-bond donors (Lipinski definition) is 2. The molecule has 0 saturated heterocycles. The highest BCUT2D eigenvalue weighted by Crippen LogP contribution is 2.31. The van der Waals surface area contributed by atoms with Gasteiger partial charge in [-0.2, -0.15) is 0 Å². The van der Waals surface area contributed by atoms with Gasteiger partial charge in [0.05, 0.1) is 10.4 Å². The summed E-state index contributed by atoms with van der Waals surface area (Å²) < 4.78 is 31.9. The average molecular weight is 343 g/mol. The van der Waals surface area contributed by atoms with Crippen LogP contribution < -0.4 is 10.5 Å². The number of rotatable bonds is 7. The van der Waals surface area contributed by atoms with Crippen molar-refractivity contribution in [2.75, 3.05) is 19.8 Å². The summed E-state index contributed by atoms with van der Waals surface area (Å²) in [5, 5.41) is 0. The number of hydrogen-bond acceptors (Lipinski definition) is 5. The second-order valence-corrected chi connectivity index (χ2v) is 7.34. The SMILES string of the molecule is CCOCCNS(=O)(=O)c1cc(CN)sc1Br. The van der Waals surface area contributed by atoms with Gasteiger partial charge in [0.15, 0.2) is 0 Å². The normalized spacial score (nSPS) is 11.9. The van der Waals surface area contributed by atoms with E-state index in [0.717, 1.165) is 4.88 Å². The van der Waals surface area contributed by atoms with Crippen LogP contribution in [-0.2, 0) is 21.3 Å². The second-order valence-electron chi connectivity index (χ2n) is 3.15. The predicted octanol–water partition coefficient (Wildman–Crippen LogP) is 1.28. The zero-order chi connectivity index (χ0) is 12.9. The van der Waals surface area contributed by atoms with Crippen molar-refractivity contribution in [2.45, 2.75) is 18.4 Å². The molecule has 1 rings (SSSR count). The fourth-order valence-electron chi connectivity index (χ4n) is 1.15. The number of sulfonamides is 1. The Kier molecular flexibility index (Phi) is 6.04. The number of thiophene rings is 1. The van der Waals surface area contributed by atoms with E-state index < -0.39 is 10.0 Å². The lowest BCUT2D eigenvalue weighted by molar-refractivity contribution is 0.153. The molecule has 1 heterocycles. The summed E-state index contributed by atoms with van der Waals surface area (Å²) in [5.41, 5.74) is 5.47. The second kappa shape index (κ2) is 6.81. The Balaban J connectivity index is 2.72. The van der Waals surface area contributed by atoms with E-state index in [2.05, 4.69) is 20.7 Å². The first-order valence-electron chi connectivity index (χ1n) is 5.07. The lowest BCUT2D eigenvalue weighted by Crippen LogP contribution is -2.27.